The lowest BCUT2D eigenvalue weighted by atomic mass is 10.1. The number of aryl methyl sites for hydroxylation is 1. The van der Waals surface area contributed by atoms with E-state index in [1.807, 2.05) is 46.7 Å². The Balaban J connectivity index is 2.85. The first-order valence-corrected chi connectivity index (χ1v) is 5.88. The molecule has 0 amide bonds. The van der Waals surface area contributed by atoms with E-state index in [2.05, 4.69) is 10.1 Å². The molecular weight excluding hydrogens is 230 g/mol. The molecule has 0 saturated carbocycles. The predicted octanol–water partition coefficient (Wildman–Crippen LogP) is 1.02. The zero-order valence-electron chi connectivity index (χ0n) is 11.7. The summed E-state index contributed by atoms with van der Waals surface area (Å²) in [7, 11) is 3.76. The van der Waals surface area contributed by atoms with Gasteiger partial charge >= 0.3 is 0 Å². The number of nitrogens with zero attached hydrogens (tertiary/aromatic N) is 5. The van der Waals surface area contributed by atoms with Gasteiger partial charge in [-0.1, -0.05) is 0 Å². The van der Waals surface area contributed by atoms with Crippen molar-refractivity contribution in [2.24, 2.45) is 0 Å². The van der Waals surface area contributed by atoms with Crippen LogP contribution in [0.1, 0.15) is 26.5 Å². The third kappa shape index (κ3) is 1.77. The third-order valence-electron chi connectivity index (χ3n) is 2.84. The first-order valence-electron chi connectivity index (χ1n) is 5.88. The van der Waals surface area contributed by atoms with Gasteiger partial charge in [-0.15, -0.1) is 0 Å². The second kappa shape index (κ2) is 3.83. The molecule has 2 heterocycles. The van der Waals surface area contributed by atoms with Crippen LogP contribution < -0.4 is 10.5 Å². The number of anilines is 1. The lowest BCUT2D eigenvalue weighted by molar-refractivity contribution is 0.376. The van der Waals surface area contributed by atoms with Gasteiger partial charge in [-0.3, -0.25) is 9.36 Å². The van der Waals surface area contributed by atoms with Crippen LogP contribution in [0.3, 0.4) is 0 Å². The molecule has 2 rings (SSSR count). The average Bonchev–Trinajstić information content (AvgIpc) is 2.55. The molecule has 0 aromatic carbocycles. The SMILES string of the molecule is Cc1nc(N(C)C)n2ncn(C(C)(C)C)c(=O)c12. The van der Waals surface area contributed by atoms with Gasteiger partial charge in [0, 0.05) is 19.6 Å². The van der Waals surface area contributed by atoms with Crippen LogP contribution in [0.2, 0.25) is 0 Å². The number of aromatic nitrogens is 4. The number of imidazole rings is 1. The van der Waals surface area contributed by atoms with Crippen LogP contribution in [-0.2, 0) is 5.54 Å². The summed E-state index contributed by atoms with van der Waals surface area (Å²) in [5.41, 5.74) is 0.891. The summed E-state index contributed by atoms with van der Waals surface area (Å²) in [4.78, 5) is 18.7. The first-order chi connectivity index (χ1) is 8.23. The lowest BCUT2D eigenvalue weighted by Gasteiger charge is -2.21. The van der Waals surface area contributed by atoms with Crippen molar-refractivity contribution in [3.05, 3.63) is 22.4 Å². The zero-order valence-corrected chi connectivity index (χ0v) is 11.7. The Labute approximate surface area is 106 Å². The van der Waals surface area contributed by atoms with E-state index in [-0.39, 0.29) is 11.1 Å². The first kappa shape index (κ1) is 12.6. The van der Waals surface area contributed by atoms with E-state index < -0.39 is 0 Å². The summed E-state index contributed by atoms with van der Waals surface area (Å²) in [6.07, 6.45) is 1.57. The van der Waals surface area contributed by atoms with E-state index in [9.17, 15) is 4.79 Å². The molecule has 0 spiro atoms. The zero-order chi connectivity index (χ0) is 13.7. The molecule has 0 aliphatic heterocycles. The highest BCUT2D eigenvalue weighted by molar-refractivity contribution is 5.55. The standard InChI is InChI=1S/C12H19N5O/c1-8-9-10(18)16(12(2,3)4)7-13-17(9)11(14-8)15(5)6/h7H,1-6H3. The molecular formula is C12H19N5O. The molecule has 0 atom stereocenters. The van der Waals surface area contributed by atoms with Gasteiger partial charge in [-0.05, 0) is 27.7 Å². The van der Waals surface area contributed by atoms with E-state index in [0.717, 1.165) is 0 Å². The van der Waals surface area contributed by atoms with E-state index in [1.165, 1.54) is 0 Å². The van der Waals surface area contributed by atoms with Gasteiger partial charge in [0.2, 0.25) is 5.95 Å². The summed E-state index contributed by atoms with van der Waals surface area (Å²) in [5, 5.41) is 4.33. The van der Waals surface area contributed by atoms with E-state index in [1.54, 1.807) is 15.4 Å². The van der Waals surface area contributed by atoms with Crippen LogP contribution >= 0.6 is 0 Å². The molecule has 18 heavy (non-hydrogen) atoms. The maximum atomic E-state index is 12.5. The van der Waals surface area contributed by atoms with Gasteiger partial charge in [0.15, 0.2) is 5.52 Å². The minimum atomic E-state index is -0.291. The summed E-state index contributed by atoms with van der Waals surface area (Å²) in [6.45, 7) is 7.76. The molecule has 0 aliphatic carbocycles. The molecule has 0 bridgehead atoms. The van der Waals surface area contributed by atoms with Crippen molar-refractivity contribution in [2.45, 2.75) is 33.2 Å². The van der Waals surface area contributed by atoms with Crippen molar-refractivity contribution in [3.8, 4) is 0 Å². The molecule has 6 nitrogen and oxygen atoms in total. The molecule has 2 aromatic rings. The van der Waals surface area contributed by atoms with Crippen molar-refractivity contribution < 1.29 is 0 Å². The van der Waals surface area contributed by atoms with E-state index in [4.69, 9.17) is 0 Å². The summed E-state index contributed by atoms with van der Waals surface area (Å²) >= 11 is 0. The summed E-state index contributed by atoms with van der Waals surface area (Å²) in [6, 6.07) is 0. The Hall–Kier alpha value is -1.85. The minimum Gasteiger partial charge on any atom is -0.347 e. The molecule has 0 radical (unpaired) electrons. The van der Waals surface area contributed by atoms with Crippen LogP contribution in [-0.4, -0.2) is 33.3 Å². The Morgan fingerprint density at radius 1 is 1.28 bits per heavy atom. The van der Waals surface area contributed by atoms with Gasteiger partial charge in [-0.25, -0.2) is 4.98 Å². The second-order valence-electron chi connectivity index (χ2n) is 5.63. The highest BCUT2D eigenvalue weighted by Gasteiger charge is 2.20. The van der Waals surface area contributed by atoms with Crippen LogP contribution in [0.4, 0.5) is 5.95 Å². The fourth-order valence-electron chi connectivity index (χ4n) is 1.90. The normalized spacial score (nSPS) is 12.1. The average molecular weight is 249 g/mol. The fraction of sp³-hybridized carbons (Fsp3) is 0.583. The molecule has 0 fully saturated rings. The van der Waals surface area contributed by atoms with Crippen molar-refractivity contribution in [3.63, 3.8) is 0 Å². The molecule has 98 valence electrons. The van der Waals surface area contributed by atoms with Crippen LogP contribution in [0.25, 0.3) is 5.52 Å². The highest BCUT2D eigenvalue weighted by atomic mass is 16.1. The van der Waals surface area contributed by atoms with Gasteiger partial charge in [0.1, 0.15) is 6.33 Å². The number of fused-ring (bicyclic) bond motifs is 1. The second-order valence-corrected chi connectivity index (χ2v) is 5.63. The van der Waals surface area contributed by atoms with Crippen LogP contribution in [0.15, 0.2) is 11.1 Å². The monoisotopic (exact) mass is 249 g/mol. The maximum Gasteiger partial charge on any atom is 0.280 e. The Morgan fingerprint density at radius 2 is 1.89 bits per heavy atom. The van der Waals surface area contributed by atoms with Crippen molar-refractivity contribution >= 4 is 11.5 Å². The van der Waals surface area contributed by atoms with E-state index in [0.29, 0.717) is 17.2 Å². The minimum absolute atomic E-state index is 0.0596. The molecule has 0 unspecified atom stereocenters. The number of hydrogen-bond acceptors (Lipinski definition) is 4. The predicted molar refractivity (Wildman–Crippen MR) is 71.3 cm³/mol. The van der Waals surface area contributed by atoms with E-state index >= 15 is 0 Å². The summed E-state index contributed by atoms with van der Waals surface area (Å²) in [5.74, 6) is 0.667. The van der Waals surface area contributed by atoms with Gasteiger partial charge in [0.05, 0.1) is 5.69 Å². The van der Waals surface area contributed by atoms with Crippen LogP contribution in [0.5, 0.6) is 0 Å². The molecule has 0 saturated heterocycles. The Morgan fingerprint density at radius 3 is 2.39 bits per heavy atom. The molecule has 6 heteroatoms. The lowest BCUT2D eigenvalue weighted by Crippen LogP contribution is -2.35. The summed E-state index contributed by atoms with van der Waals surface area (Å²) < 4.78 is 3.23. The van der Waals surface area contributed by atoms with Gasteiger partial charge < -0.3 is 4.90 Å². The molecule has 0 aliphatic rings. The van der Waals surface area contributed by atoms with Gasteiger partial charge in [0.25, 0.3) is 5.56 Å². The van der Waals surface area contributed by atoms with Gasteiger partial charge in [-0.2, -0.15) is 9.61 Å². The van der Waals surface area contributed by atoms with Crippen LogP contribution in [0, 0.1) is 6.92 Å². The van der Waals surface area contributed by atoms with Crippen molar-refractivity contribution in [1.82, 2.24) is 19.2 Å². The van der Waals surface area contributed by atoms with Crippen molar-refractivity contribution in [1.29, 1.82) is 0 Å². The molecule has 0 N–H and O–H groups in total. The van der Waals surface area contributed by atoms with Crippen molar-refractivity contribution in [2.75, 3.05) is 19.0 Å². The number of hydrogen-bond donors (Lipinski definition) is 0. The largest absolute Gasteiger partial charge is 0.347 e. The Bertz CT molecular complexity index is 645. The number of rotatable bonds is 1. The smallest absolute Gasteiger partial charge is 0.280 e. The molecule has 2 aromatic heterocycles. The Kier molecular flexibility index (Phi) is 2.68. The highest BCUT2D eigenvalue weighted by Crippen LogP contribution is 2.16. The quantitative estimate of drug-likeness (QED) is 0.757. The fourth-order valence-corrected chi connectivity index (χ4v) is 1.90. The third-order valence-corrected chi connectivity index (χ3v) is 2.84. The maximum absolute atomic E-state index is 12.5. The topological polar surface area (TPSA) is 55.4 Å².